The first-order chi connectivity index (χ1) is 24.2. The van der Waals surface area contributed by atoms with Gasteiger partial charge in [-0.1, -0.05) is 90.4 Å². The zero-order chi connectivity index (χ0) is 35.6. The molecule has 13 nitrogen and oxygen atoms in total. The van der Waals surface area contributed by atoms with Crippen LogP contribution >= 0.6 is 0 Å². The average Bonchev–Trinajstić information content (AvgIpc) is 3.09. The monoisotopic (exact) mass is 709 g/mol. The molecule has 13 heteroatoms. The molecule has 0 aliphatic heterocycles. The summed E-state index contributed by atoms with van der Waals surface area (Å²) >= 11 is 0. The molecule has 0 rings (SSSR count). The van der Waals surface area contributed by atoms with Gasteiger partial charge in [-0.15, -0.1) is 0 Å². The molecule has 0 heterocycles. The van der Waals surface area contributed by atoms with E-state index in [0.717, 1.165) is 13.0 Å². The second-order valence-electron chi connectivity index (χ2n) is 11.7. The van der Waals surface area contributed by atoms with E-state index in [0.29, 0.717) is 106 Å². The molecule has 0 bridgehead atoms. The summed E-state index contributed by atoms with van der Waals surface area (Å²) < 4.78 is 48.6. The van der Waals surface area contributed by atoms with Gasteiger partial charge >= 0.3 is 5.97 Å². The number of unbranched alkanes of at least 4 members (excludes halogenated alkanes) is 13. The Morgan fingerprint density at radius 3 is 1.04 bits per heavy atom. The van der Waals surface area contributed by atoms with Gasteiger partial charge in [-0.05, 0) is 6.42 Å². The lowest BCUT2D eigenvalue weighted by atomic mass is 10.0. The minimum absolute atomic E-state index is 0.295. The standard InChI is InChI=1S/C36H71NO12/c1-2-3-4-5-6-7-8-9-10-11-12-13-14-15-17-41-19-21-43-23-25-45-27-29-47-31-32-48-30-28-46-26-24-44-22-20-42-18-16-37-35(38)33-49-34-36(39)40/h2-34H2,1H3,(H,37,38)(H,39,40). The summed E-state index contributed by atoms with van der Waals surface area (Å²) in [5.74, 6) is -1.51. The van der Waals surface area contributed by atoms with E-state index in [2.05, 4.69) is 17.0 Å². The summed E-state index contributed by atoms with van der Waals surface area (Å²) in [6.45, 7) is 9.98. The Bertz CT molecular complexity index is 674. The molecule has 0 aliphatic carbocycles. The van der Waals surface area contributed by atoms with Crippen molar-refractivity contribution in [2.75, 3.05) is 125 Å². The molecule has 0 spiro atoms. The summed E-state index contributed by atoms with van der Waals surface area (Å²) in [5, 5.41) is 11.0. The number of aliphatic carboxylic acids is 1. The van der Waals surface area contributed by atoms with Crippen LogP contribution in [-0.4, -0.2) is 142 Å². The third-order valence-electron chi connectivity index (χ3n) is 7.27. The third kappa shape index (κ3) is 44.6. The normalized spacial score (nSPS) is 11.4. The van der Waals surface area contributed by atoms with Gasteiger partial charge in [0.1, 0.15) is 13.2 Å². The first-order valence-electron chi connectivity index (χ1n) is 18.8. The fourth-order valence-corrected chi connectivity index (χ4v) is 4.58. The Balaban J connectivity index is 3.08. The number of carboxylic acids is 1. The lowest BCUT2D eigenvalue weighted by Gasteiger charge is -2.09. The molecule has 0 saturated heterocycles. The maximum Gasteiger partial charge on any atom is 0.329 e. The zero-order valence-electron chi connectivity index (χ0n) is 30.8. The lowest BCUT2D eigenvalue weighted by molar-refractivity contribution is -0.143. The fourth-order valence-electron chi connectivity index (χ4n) is 4.58. The quantitative estimate of drug-likeness (QED) is 0.0837. The highest BCUT2D eigenvalue weighted by atomic mass is 16.6. The van der Waals surface area contributed by atoms with E-state index in [1.165, 1.54) is 83.5 Å². The lowest BCUT2D eigenvalue weighted by Crippen LogP contribution is -2.31. The summed E-state index contributed by atoms with van der Waals surface area (Å²) in [5.41, 5.74) is 0. The van der Waals surface area contributed by atoms with Crippen molar-refractivity contribution in [3.05, 3.63) is 0 Å². The van der Waals surface area contributed by atoms with Crippen molar-refractivity contribution in [2.45, 2.75) is 96.8 Å². The predicted octanol–water partition coefficient (Wildman–Crippen LogP) is 4.82. The summed E-state index contributed by atoms with van der Waals surface area (Å²) in [6.07, 6.45) is 19.2. The molecule has 0 aromatic carbocycles. The molecule has 0 aromatic heterocycles. The number of nitrogens with one attached hydrogen (secondary N) is 1. The van der Waals surface area contributed by atoms with Crippen LogP contribution in [0.1, 0.15) is 96.8 Å². The van der Waals surface area contributed by atoms with Gasteiger partial charge in [0.25, 0.3) is 0 Å². The van der Waals surface area contributed by atoms with Gasteiger partial charge in [-0.2, -0.15) is 0 Å². The molecule has 1 amide bonds. The van der Waals surface area contributed by atoms with Gasteiger partial charge in [0.15, 0.2) is 0 Å². The maximum absolute atomic E-state index is 11.4. The van der Waals surface area contributed by atoms with E-state index in [1.807, 2.05) is 0 Å². The Morgan fingerprint density at radius 1 is 0.388 bits per heavy atom. The van der Waals surface area contributed by atoms with Crippen molar-refractivity contribution in [3.63, 3.8) is 0 Å². The van der Waals surface area contributed by atoms with E-state index in [4.69, 9.17) is 43.0 Å². The van der Waals surface area contributed by atoms with E-state index < -0.39 is 18.5 Å². The van der Waals surface area contributed by atoms with Gasteiger partial charge in [-0.25, -0.2) is 4.79 Å². The molecule has 0 saturated carbocycles. The summed E-state index contributed by atoms with van der Waals surface area (Å²) in [7, 11) is 0. The Morgan fingerprint density at radius 2 is 0.694 bits per heavy atom. The first-order valence-corrected chi connectivity index (χ1v) is 18.8. The molecule has 0 unspecified atom stereocenters. The molecule has 0 atom stereocenters. The second-order valence-corrected chi connectivity index (χ2v) is 11.7. The van der Waals surface area contributed by atoms with Crippen LogP contribution in [-0.2, 0) is 52.2 Å². The van der Waals surface area contributed by atoms with Gasteiger partial charge in [0.2, 0.25) is 5.91 Å². The number of carbonyl (C=O) groups excluding carboxylic acids is 1. The second kappa shape index (κ2) is 42.7. The highest BCUT2D eigenvalue weighted by Gasteiger charge is 2.03. The van der Waals surface area contributed by atoms with E-state index >= 15 is 0 Å². The molecular weight excluding hydrogens is 638 g/mol. The van der Waals surface area contributed by atoms with Crippen LogP contribution in [0, 0.1) is 0 Å². The summed E-state index contributed by atoms with van der Waals surface area (Å²) in [4.78, 5) is 21.7. The predicted molar refractivity (Wildman–Crippen MR) is 188 cm³/mol. The van der Waals surface area contributed by atoms with Crippen molar-refractivity contribution in [1.29, 1.82) is 0 Å². The zero-order valence-corrected chi connectivity index (χ0v) is 30.8. The number of amides is 1. The van der Waals surface area contributed by atoms with Crippen molar-refractivity contribution < 1.29 is 57.3 Å². The minimum Gasteiger partial charge on any atom is -0.480 e. The van der Waals surface area contributed by atoms with Crippen LogP contribution in [0.4, 0.5) is 0 Å². The van der Waals surface area contributed by atoms with Crippen molar-refractivity contribution >= 4 is 11.9 Å². The van der Waals surface area contributed by atoms with Gasteiger partial charge < -0.3 is 53.1 Å². The van der Waals surface area contributed by atoms with Crippen LogP contribution in [0.2, 0.25) is 0 Å². The Labute approximate surface area is 296 Å². The van der Waals surface area contributed by atoms with Crippen LogP contribution in [0.3, 0.4) is 0 Å². The van der Waals surface area contributed by atoms with Gasteiger partial charge in [0.05, 0.1) is 99.1 Å². The number of carbonyl (C=O) groups is 2. The molecule has 0 aromatic rings. The highest BCUT2D eigenvalue weighted by molar-refractivity contribution is 5.77. The SMILES string of the molecule is CCCCCCCCCCCCCCCCOCCOCCOCCOCCOCCOCCOCCOCCNC(=O)COCC(=O)O. The molecule has 2 N–H and O–H groups in total. The van der Waals surface area contributed by atoms with Crippen LogP contribution in [0.5, 0.6) is 0 Å². The largest absolute Gasteiger partial charge is 0.480 e. The van der Waals surface area contributed by atoms with Crippen molar-refractivity contribution in [3.8, 4) is 0 Å². The number of rotatable bonds is 43. The molecule has 0 fully saturated rings. The average molecular weight is 710 g/mol. The molecule has 49 heavy (non-hydrogen) atoms. The number of ether oxygens (including phenoxy) is 9. The van der Waals surface area contributed by atoms with Crippen LogP contribution in [0.15, 0.2) is 0 Å². The van der Waals surface area contributed by atoms with Crippen molar-refractivity contribution in [2.24, 2.45) is 0 Å². The minimum atomic E-state index is -1.12. The van der Waals surface area contributed by atoms with E-state index in [1.54, 1.807) is 0 Å². The number of hydrogen-bond donors (Lipinski definition) is 2. The van der Waals surface area contributed by atoms with Gasteiger partial charge in [0, 0.05) is 13.2 Å². The van der Waals surface area contributed by atoms with E-state index in [9.17, 15) is 9.59 Å². The molecule has 292 valence electrons. The van der Waals surface area contributed by atoms with E-state index in [-0.39, 0.29) is 6.61 Å². The molecule has 0 radical (unpaired) electrons. The number of carboxylic acid groups (broad SMARTS) is 1. The highest BCUT2D eigenvalue weighted by Crippen LogP contribution is 2.13. The Hall–Kier alpha value is -1.42. The Kier molecular flexibility index (Phi) is 41.5. The third-order valence-corrected chi connectivity index (χ3v) is 7.27. The maximum atomic E-state index is 11.4. The van der Waals surface area contributed by atoms with Crippen LogP contribution < -0.4 is 5.32 Å². The molecule has 0 aliphatic rings. The fraction of sp³-hybridized carbons (Fsp3) is 0.944. The molecular formula is C36H71NO12. The topological polar surface area (TPSA) is 149 Å². The van der Waals surface area contributed by atoms with Crippen LogP contribution in [0.25, 0.3) is 0 Å². The number of hydrogen-bond acceptors (Lipinski definition) is 11. The summed E-state index contributed by atoms with van der Waals surface area (Å²) in [6, 6.07) is 0. The van der Waals surface area contributed by atoms with Crippen molar-refractivity contribution in [1.82, 2.24) is 5.32 Å². The smallest absolute Gasteiger partial charge is 0.329 e. The first kappa shape index (κ1) is 47.6. The van der Waals surface area contributed by atoms with Gasteiger partial charge in [-0.3, -0.25) is 4.79 Å².